The average Bonchev–Trinajstić information content (AvgIpc) is 2.46. The van der Waals surface area contributed by atoms with Crippen molar-refractivity contribution in [2.45, 2.75) is 13.8 Å². The van der Waals surface area contributed by atoms with Gasteiger partial charge in [0.15, 0.2) is 0 Å². The summed E-state index contributed by atoms with van der Waals surface area (Å²) in [6, 6.07) is 9.12. The second-order valence-corrected chi connectivity index (χ2v) is 5.96. The monoisotopic (exact) mass is 348 g/mol. The molecule has 0 saturated heterocycles. The zero-order valence-electron chi connectivity index (χ0n) is 12.0. The summed E-state index contributed by atoms with van der Waals surface area (Å²) in [4.78, 5) is 16.2. The third kappa shape index (κ3) is 4.56. The van der Waals surface area contributed by atoms with Crippen molar-refractivity contribution < 1.29 is 9.53 Å². The predicted molar refractivity (Wildman–Crippen MR) is 86.7 cm³/mol. The molecule has 0 aliphatic rings. The van der Waals surface area contributed by atoms with E-state index in [4.69, 9.17) is 4.74 Å². The van der Waals surface area contributed by atoms with Gasteiger partial charge in [-0.25, -0.2) is 0 Å². The van der Waals surface area contributed by atoms with Crippen molar-refractivity contribution in [1.29, 1.82) is 0 Å². The number of rotatable bonds is 5. The molecule has 4 nitrogen and oxygen atoms in total. The highest BCUT2D eigenvalue weighted by atomic mass is 79.9. The van der Waals surface area contributed by atoms with Gasteiger partial charge >= 0.3 is 0 Å². The molecule has 0 unspecified atom stereocenters. The number of nitrogens with zero attached hydrogens (tertiary/aromatic N) is 1. The van der Waals surface area contributed by atoms with Crippen molar-refractivity contribution in [3.63, 3.8) is 0 Å². The van der Waals surface area contributed by atoms with Crippen LogP contribution >= 0.6 is 15.9 Å². The molecule has 2 aromatic rings. The molecule has 1 N–H and O–H groups in total. The van der Waals surface area contributed by atoms with Crippen molar-refractivity contribution >= 4 is 27.5 Å². The minimum atomic E-state index is -0.218. The van der Waals surface area contributed by atoms with Crippen LogP contribution in [0.4, 0.5) is 5.69 Å². The molecule has 0 aliphatic carbocycles. The Labute approximate surface area is 132 Å². The number of amides is 1. The largest absolute Gasteiger partial charge is 0.491 e. The van der Waals surface area contributed by atoms with Gasteiger partial charge in [-0.3, -0.25) is 9.78 Å². The van der Waals surface area contributed by atoms with Crippen LogP contribution in [0.3, 0.4) is 0 Å². The predicted octanol–water partition coefficient (Wildman–Crippen LogP) is 4.13. The van der Waals surface area contributed by atoms with Crippen molar-refractivity contribution in [2.24, 2.45) is 5.92 Å². The Kier molecular flexibility index (Phi) is 5.33. The summed E-state index contributed by atoms with van der Waals surface area (Å²) in [6.07, 6.45) is 3.16. The van der Waals surface area contributed by atoms with Crippen molar-refractivity contribution in [1.82, 2.24) is 4.98 Å². The number of carbonyl (C=O) groups is 1. The molecule has 0 aliphatic heterocycles. The van der Waals surface area contributed by atoms with E-state index in [1.54, 1.807) is 12.3 Å². The van der Waals surface area contributed by atoms with Crippen molar-refractivity contribution in [3.8, 4) is 5.75 Å². The minimum absolute atomic E-state index is 0.218. The molecule has 0 radical (unpaired) electrons. The van der Waals surface area contributed by atoms with Gasteiger partial charge in [0.05, 0.1) is 17.9 Å². The number of benzene rings is 1. The normalized spacial score (nSPS) is 10.5. The SMILES string of the molecule is CC(C)COc1ccccc1NC(=O)c1cncc(Br)c1. The summed E-state index contributed by atoms with van der Waals surface area (Å²) in [7, 11) is 0. The van der Waals surface area contributed by atoms with Gasteiger partial charge in [-0.2, -0.15) is 0 Å². The number of aromatic nitrogens is 1. The molecular formula is C16H17BrN2O2. The first kappa shape index (κ1) is 15.5. The lowest BCUT2D eigenvalue weighted by molar-refractivity contribution is 0.102. The van der Waals surface area contributed by atoms with Crippen LogP contribution in [0.25, 0.3) is 0 Å². The Morgan fingerprint density at radius 2 is 2.10 bits per heavy atom. The van der Waals surface area contributed by atoms with E-state index in [0.29, 0.717) is 29.5 Å². The molecular weight excluding hydrogens is 332 g/mol. The number of halogens is 1. The summed E-state index contributed by atoms with van der Waals surface area (Å²) < 4.78 is 6.48. The summed E-state index contributed by atoms with van der Waals surface area (Å²) in [5, 5.41) is 2.85. The maximum absolute atomic E-state index is 12.2. The highest BCUT2D eigenvalue weighted by Gasteiger charge is 2.10. The third-order valence-electron chi connectivity index (χ3n) is 2.67. The van der Waals surface area contributed by atoms with E-state index in [2.05, 4.69) is 40.1 Å². The Morgan fingerprint density at radius 1 is 1.33 bits per heavy atom. The zero-order valence-corrected chi connectivity index (χ0v) is 13.6. The summed E-state index contributed by atoms with van der Waals surface area (Å²) >= 11 is 3.30. The van der Waals surface area contributed by atoms with Crippen LogP contribution in [0.1, 0.15) is 24.2 Å². The van der Waals surface area contributed by atoms with E-state index in [1.165, 1.54) is 6.20 Å². The number of para-hydroxylation sites is 2. The highest BCUT2D eigenvalue weighted by molar-refractivity contribution is 9.10. The Balaban J connectivity index is 2.13. The summed E-state index contributed by atoms with van der Waals surface area (Å²) in [5.41, 5.74) is 1.14. The van der Waals surface area contributed by atoms with E-state index in [0.717, 1.165) is 4.47 Å². The number of nitrogens with one attached hydrogen (secondary N) is 1. The molecule has 1 aromatic heterocycles. The molecule has 2 rings (SSSR count). The van der Waals surface area contributed by atoms with Crippen LogP contribution in [-0.4, -0.2) is 17.5 Å². The van der Waals surface area contributed by atoms with E-state index in [-0.39, 0.29) is 5.91 Å². The quantitative estimate of drug-likeness (QED) is 0.883. The van der Waals surface area contributed by atoms with E-state index in [1.807, 2.05) is 24.3 Å². The molecule has 0 fully saturated rings. The van der Waals surface area contributed by atoms with Gasteiger partial charge in [-0.1, -0.05) is 26.0 Å². The van der Waals surface area contributed by atoms with Crippen LogP contribution in [0.15, 0.2) is 47.2 Å². The van der Waals surface area contributed by atoms with Gasteiger partial charge in [-0.05, 0) is 40.0 Å². The maximum atomic E-state index is 12.2. The Hall–Kier alpha value is -1.88. The van der Waals surface area contributed by atoms with Gasteiger partial charge in [0, 0.05) is 16.9 Å². The Bertz CT molecular complexity index is 629. The molecule has 0 atom stereocenters. The summed E-state index contributed by atoms with van der Waals surface area (Å²) in [5.74, 6) is 0.870. The molecule has 110 valence electrons. The highest BCUT2D eigenvalue weighted by Crippen LogP contribution is 2.25. The fourth-order valence-corrected chi connectivity index (χ4v) is 2.05. The van der Waals surface area contributed by atoms with Gasteiger partial charge in [-0.15, -0.1) is 0 Å². The van der Waals surface area contributed by atoms with E-state index >= 15 is 0 Å². The van der Waals surface area contributed by atoms with Gasteiger partial charge in [0.2, 0.25) is 0 Å². The first-order chi connectivity index (χ1) is 10.1. The number of carbonyl (C=O) groups excluding carboxylic acids is 1. The topological polar surface area (TPSA) is 51.2 Å². The number of anilines is 1. The number of hydrogen-bond donors (Lipinski definition) is 1. The maximum Gasteiger partial charge on any atom is 0.257 e. The third-order valence-corrected chi connectivity index (χ3v) is 3.11. The molecule has 1 aromatic carbocycles. The van der Waals surface area contributed by atoms with Crippen LogP contribution in [0, 0.1) is 5.92 Å². The average molecular weight is 349 g/mol. The minimum Gasteiger partial charge on any atom is -0.491 e. The first-order valence-corrected chi connectivity index (χ1v) is 7.49. The Morgan fingerprint density at radius 3 is 2.81 bits per heavy atom. The smallest absolute Gasteiger partial charge is 0.257 e. The van der Waals surface area contributed by atoms with E-state index < -0.39 is 0 Å². The van der Waals surface area contributed by atoms with E-state index in [9.17, 15) is 4.79 Å². The molecule has 5 heteroatoms. The van der Waals surface area contributed by atoms with Gasteiger partial charge in [0.1, 0.15) is 5.75 Å². The molecule has 1 heterocycles. The second-order valence-electron chi connectivity index (χ2n) is 5.05. The van der Waals surface area contributed by atoms with Crippen LogP contribution in [-0.2, 0) is 0 Å². The standard InChI is InChI=1S/C16H17BrN2O2/c1-11(2)10-21-15-6-4-3-5-14(15)19-16(20)12-7-13(17)9-18-8-12/h3-9,11H,10H2,1-2H3,(H,19,20). The van der Waals surface area contributed by atoms with Crippen LogP contribution in [0.2, 0.25) is 0 Å². The summed E-state index contributed by atoms with van der Waals surface area (Å²) in [6.45, 7) is 4.76. The second kappa shape index (κ2) is 7.22. The van der Waals surface area contributed by atoms with Gasteiger partial charge in [0.25, 0.3) is 5.91 Å². The number of ether oxygens (including phenoxy) is 1. The number of pyridine rings is 1. The lowest BCUT2D eigenvalue weighted by Gasteiger charge is -2.13. The molecule has 21 heavy (non-hydrogen) atoms. The fraction of sp³-hybridized carbons (Fsp3) is 0.250. The molecule has 0 saturated carbocycles. The zero-order chi connectivity index (χ0) is 15.2. The van der Waals surface area contributed by atoms with Crippen LogP contribution in [0.5, 0.6) is 5.75 Å². The lowest BCUT2D eigenvalue weighted by atomic mass is 10.2. The van der Waals surface area contributed by atoms with Crippen LogP contribution < -0.4 is 10.1 Å². The van der Waals surface area contributed by atoms with Gasteiger partial charge < -0.3 is 10.1 Å². The molecule has 0 bridgehead atoms. The fourth-order valence-electron chi connectivity index (χ4n) is 1.68. The first-order valence-electron chi connectivity index (χ1n) is 6.70. The number of hydrogen-bond acceptors (Lipinski definition) is 3. The lowest BCUT2D eigenvalue weighted by Crippen LogP contribution is -2.14. The van der Waals surface area contributed by atoms with Crippen molar-refractivity contribution in [2.75, 3.05) is 11.9 Å². The van der Waals surface area contributed by atoms with Crippen molar-refractivity contribution in [3.05, 3.63) is 52.8 Å². The molecule has 0 spiro atoms. The molecule has 1 amide bonds.